The van der Waals surface area contributed by atoms with Crippen molar-refractivity contribution >= 4 is 0 Å². The number of rotatable bonds is 4. The SMILES string of the molecule is CNC(CC(C)C(C)(C)C)c1ccc2c(c1)CCC2. The van der Waals surface area contributed by atoms with Crippen molar-refractivity contribution in [2.45, 2.75) is 59.4 Å². The van der Waals surface area contributed by atoms with Crippen LogP contribution in [0.3, 0.4) is 0 Å². The summed E-state index contributed by atoms with van der Waals surface area (Å²) in [6.07, 6.45) is 5.09. The summed E-state index contributed by atoms with van der Waals surface area (Å²) in [6, 6.07) is 7.61. The maximum absolute atomic E-state index is 3.51. The van der Waals surface area contributed by atoms with Crippen LogP contribution in [0.2, 0.25) is 0 Å². The van der Waals surface area contributed by atoms with Crippen LogP contribution in [0.15, 0.2) is 18.2 Å². The highest BCUT2D eigenvalue weighted by Crippen LogP contribution is 2.34. The van der Waals surface area contributed by atoms with Crippen molar-refractivity contribution in [3.8, 4) is 0 Å². The molecule has 1 aromatic carbocycles. The highest BCUT2D eigenvalue weighted by Gasteiger charge is 2.24. The van der Waals surface area contributed by atoms with Gasteiger partial charge in [0, 0.05) is 6.04 Å². The van der Waals surface area contributed by atoms with Gasteiger partial charge in [-0.3, -0.25) is 0 Å². The largest absolute Gasteiger partial charge is 0.313 e. The van der Waals surface area contributed by atoms with Gasteiger partial charge in [-0.2, -0.15) is 0 Å². The van der Waals surface area contributed by atoms with E-state index < -0.39 is 0 Å². The molecule has 1 aliphatic carbocycles. The van der Waals surface area contributed by atoms with Crippen LogP contribution in [-0.4, -0.2) is 7.05 Å². The molecule has 19 heavy (non-hydrogen) atoms. The van der Waals surface area contributed by atoms with Crippen LogP contribution in [-0.2, 0) is 12.8 Å². The Kier molecular flexibility index (Phi) is 4.35. The summed E-state index contributed by atoms with van der Waals surface area (Å²) >= 11 is 0. The number of fused-ring (bicyclic) bond motifs is 1. The molecule has 1 heteroatoms. The quantitative estimate of drug-likeness (QED) is 0.839. The smallest absolute Gasteiger partial charge is 0.0320 e. The van der Waals surface area contributed by atoms with E-state index in [9.17, 15) is 0 Å². The molecule has 2 atom stereocenters. The van der Waals surface area contributed by atoms with Gasteiger partial charge in [-0.05, 0) is 60.8 Å². The molecular weight excluding hydrogens is 230 g/mol. The van der Waals surface area contributed by atoms with E-state index in [0.717, 1.165) is 0 Å². The molecule has 0 bridgehead atoms. The van der Waals surface area contributed by atoms with Crippen LogP contribution in [0.1, 0.15) is 63.3 Å². The molecule has 1 aliphatic rings. The molecule has 1 aromatic rings. The summed E-state index contributed by atoms with van der Waals surface area (Å²) in [7, 11) is 2.09. The lowest BCUT2D eigenvalue weighted by Gasteiger charge is -2.31. The average molecular weight is 259 g/mol. The maximum Gasteiger partial charge on any atom is 0.0320 e. The van der Waals surface area contributed by atoms with Gasteiger partial charge in [-0.25, -0.2) is 0 Å². The standard InChI is InChI=1S/C18H29N/c1-13(18(2,3)4)11-17(19-5)16-10-9-14-7-6-8-15(14)12-16/h9-10,12-13,17,19H,6-8,11H2,1-5H3. The van der Waals surface area contributed by atoms with Crippen molar-refractivity contribution in [1.82, 2.24) is 5.32 Å². The Bertz CT molecular complexity index is 428. The Morgan fingerprint density at radius 3 is 2.47 bits per heavy atom. The van der Waals surface area contributed by atoms with E-state index in [1.165, 1.54) is 31.2 Å². The van der Waals surface area contributed by atoms with Crippen LogP contribution in [0.25, 0.3) is 0 Å². The topological polar surface area (TPSA) is 12.0 Å². The van der Waals surface area contributed by atoms with Gasteiger partial charge in [-0.15, -0.1) is 0 Å². The van der Waals surface area contributed by atoms with E-state index in [-0.39, 0.29) is 0 Å². The maximum atomic E-state index is 3.51. The summed E-state index contributed by atoms with van der Waals surface area (Å²) < 4.78 is 0. The van der Waals surface area contributed by atoms with Crippen molar-refractivity contribution in [2.24, 2.45) is 11.3 Å². The molecule has 2 rings (SSSR count). The van der Waals surface area contributed by atoms with Gasteiger partial charge in [0.1, 0.15) is 0 Å². The first-order valence-corrected chi connectivity index (χ1v) is 7.71. The number of hydrogen-bond donors (Lipinski definition) is 1. The Balaban J connectivity index is 2.14. The van der Waals surface area contributed by atoms with E-state index >= 15 is 0 Å². The zero-order valence-corrected chi connectivity index (χ0v) is 13.2. The third kappa shape index (κ3) is 3.39. The molecule has 106 valence electrons. The third-order valence-electron chi connectivity index (χ3n) is 4.94. The molecule has 0 fully saturated rings. The van der Waals surface area contributed by atoms with E-state index in [2.05, 4.69) is 58.3 Å². The average Bonchev–Trinajstić information content (AvgIpc) is 2.81. The minimum Gasteiger partial charge on any atom is -0.313 e. The Morgan fingerprint density at radius 1 is 1.16 bits per heavy atom. The van der Waals surface area contributed by atoms with Gasteiger partial charge in [0.15, 0.2) is 0 Å². The highest BCUT2D eigenvalue weighted by atomic mass is 14.9. The normalized spacial score (nSPS) is 18.2. The molecule has 2 unspecified atom stereocenters. The molecule has 0 aromatic heterocycles. The first-order valence-electron chi connectivity index (χ1n) is 7.71. The molecule has 0 heterocycles. The monoisotopic (exact) mass is 259 g/mol. The van der Waals surface area contributed by atoms with Crippen LogP contribution < -0.4 is 5.32 Å². The summed E-state index contributed by atoms with van der Waals surface area (Å²) in [5.74, 6) is 0.707. The van der Waals surface area contributed by atoms with E-state index in [0.29, 0.717) is 17.4 Å². The molecule has 0 aliphatic heterocycles. The van der Waals surface area contributed by atoms with Crippen molar-refractivity contribution < 1.29 is 0 Å². The number of aryl methyl sites for hydroxylation is 2. The predicted molar refractivity (Wildman–Crippen MR) is 83.5 cm³/mol. The Morgan fingerprint density at radius 2 is 1.84 bits per heavy atom. The van der Waals surface area contributed by atoms with Crippen molar-refractivity contribution in [2.75, 3.05) is 7.05 Å². The molecule has 0 saturated heterocycles. The van der Waals surface area contributed by atoms with Crippen molar-refractivity contribution in [3.05, 3.63) is 34.9 Å². The summed E-state index contributed by atoms with van der Waals surface area (Å²) in [4.78, 5) is 0. The van der Waals surface area contributed by atoms with Crippen LogP contribution in [0.4, 0.5) is 0 Å². The van der Waals surface area contributed by atoms with Gasteiger partial charge >= 0.3 is 0 Å². The first kappa shape index (κ1) is 14.6. The fourth-order valence-corrected chi connectivity index (χ4v) is 2.94. The second-order valence-electron chi connectivity index (χ2n) is 7.23. The zero-order chi connectivity index (χ0) is 14.0. The number of benzene rings is 1. The molecule has 1 nitrogen and oxygen atoms in total. The van der Waals surface area contributed by atoms with Gasteiger partial charge < -0.3 is 5.32 Å². The molecule has 0 amide bonds. The van der Waals surface area contributed by atoms with Crippen molar-refractivity contribution in [3.63, 3.8) is 0 Å². The van der Waals surface area contributed by atoms with Crippen LogP contribution in [0.5, 0.6) is 0 Å². The first-order chi connectivity index (χ1) is 8.91. The Hall–Kier alpha value is -0.820. The summed E-state index contributed by atoms with van der Waals surface area (Å²) in [6.45, 7) is 9.39. The van der Waals surface area contributed by atoms with E-state index in [1.807, 2.05) is 0 Å². The molecule has 0 spiro atoms. The lowest BCUT2D eigenvalue weighted by molar-refractivity contribution is 0.226. The minimum absolute atomic E-state index is 0.381. The van der Waals surface area contributed by atoms with Gasteiger partial charge in [0.2, 0.25) is 0 Å². The molecule has 0 saturated carbocycles. The van der Waals surface area contributed by atoms with Crippen LogP contribution in [0, 0.1) is 11.3 Å². The molecule has 0 radical (unpaired) electrons. The molecular formula is C18H29N. The predicted octanol–water partition coefficient (Wildman–Crippen LogP) is 4.51. The summed E-state index contributed by atoms with van der Waals surface area (Å²) in [5.41, 5.74) is 5.01. The number of nitrogens with one attached hydrogen (secondary N) is 1. The fraction of sp³-hybridized carbons (Fsp3) is 0.667. The third-order valence-corrected chi connectivity index (χ3v) is 4.94. The lowest BCUT2D eigenvalue weighted by atomic mass is 9.77. The van der Waals surface area contributed by atoms with Crippen LogP contribution >= 0.6 is 0 Å². The molecule has 1 N–H and O–H groups in total. The highest BCUT2D eigenvalue weighted by molar-refractivity contribution is 5.36. The van der Waals surface area contributed by atoms with Gasteiger partial charge in [0.25, 0.3) is 0 Å². The van der Waals surface area contributed by atoms with E-state index in [1.54, 1.807) is 11.1 Å². The zero-order valence-electron chi connectivity index (χ0n) is 13.2. The lowest BCUT2D eigenvalue weighted by Crippen LogP contribution is -2.25. The second-order valence-corrected chi connectivity index (χ2v) is 7.23. The van der Waals surface area contributed by atoms with Crippen molar-refractivity contribution in [1.29, 1.82) is 0 Å². The second kappa shape index (κ2) is 5.66. The minimum atomic E-state index is 0.381. The fourth-order valence-electron chi connectivity index (χ4n) is 2.94. The summed E-state index contributed by atoms with van der Waals surface area (Å²) in [5, 5.41) is 3.51. The Labute approximate surface area is 118 Å². The van der Waals surface area contributed by atoms with E-state index in [4.69, 9.17) is 0 Å². The van der Waals surface area contributed by atoms with Gasteiger partial charge in [0.05, 0.1) is 0 Å². The van der Waals surface area contributed by atoms with Gasteiger partial charge in [-0.1, -0.05) is 45.9 Å². The number of hydrogen-bond acceptors (Lipinski definition) is 1.